The summed E-state index contributed by atoms with van der Waals surface area (Å²) in [5.41, 5.74) is 6.34. The molecule has 0 saturated heterocycles. The monoisotopic (exact) mass is 225 g/mol. The van der Waals surface area contributed by atoms with E-state index in [9.17, 15) is 4.79 Å². The van der Waals surface area contributed by atoms with Crippen molar-refractivity contribution < 1.29 is 14.6 Å². The molecular weight excluding hydrogens is 214 g/mol. The lowest BCUT2D eigenvalue weighted by atomic mass is 10.1. The fourth-order valence-corrected chi connectivity index (χ4v) is 2.15. The quantitative estimate of drug-likeness (QED) is 0.805. The summed E-state index contributed by atoms with van der Waals surface area (Å²) < 4.78 is 5.36. The largest absolute Gasteiger partial charge is 0.481 e. The summed E-state index contributed by atoms with van der Waals surface area (Å²) >= 11 is 1.63. The molecule has 5 heteroatoms. The molecule has 0 aliphatic carbocycles. The predicted molar refractivity (Wildman–Crippen MR) is 57.1 cm³/mol. The Morgan fingerprint density at radius 2 is 2.47 bits per heavy atom. The van der Waals surface area contributed by atoms with Gasteiger partial charge in [0.1, 0.15) is 17.7 Å². The first-order valence-electron chi connectivity index (χ1n) is 4.54. The van der Waals surface area contributed by atoms with E-state index in [1.54, 1.807) is 11.8 Å². The Bertz CT molecular complexity index is 394. The number of carbonyl (C=O) groups is 1. The van der Waals surface area contributed by atoms with Crippen molar-refractivity contribution in [1.29, 1.82) is 0 Å². The zero-order valence-electron chi connectivity index (χ0n) is 7.97. The first-order chi connectivity index (χ1) is 7.16. The van der Waals surface area contributed by atoms with Gasteiger partial charge in [-0.15, -0.1) is 0 Å². The number of hydrogen-bond donors (Lipinski definition) is 2. The van der Waals surface area contributed by atoms with Crippen LogP contribution in [0.3, 0.4) is 0 Å². The molecule has 1 aliphatic heterocycles. The van der Waals surface area contributed by atoms with Crippen LogP contribution in [0.25, 0.3) is 0 Å². The highest BCUT2D eigenvalue weighted by molar-refractivity contribution is 7.99. The maximum absolute atomic E-state index is 10.6. The van der Waals surface area contributed by atoms with Gasteiger partial charge < -0.3 is 15.6 Å². The second kappa shape index (κ2) is 4.12. The van der Waals surface area contributed by atoms with Crippen molar-refractivity contribution in [2.45, 2.75) is 17.4 Å². The van der Waals surface area contributed by atoms with Crippen molar-refractivity contribution in [3.63, 3.8) is 0 Å². The summed E-state index contributed by atoms with van der Waals surface area (Å²) in [6, 6.07) is 4.84. The number of ether oxygens (including phenoxy) is 1. The summed E-state index contributed by atoms with van der Waals surface area (Å²) in [6.07, 6.45) is 0.330. The number of thioether (sulfide) groups is 1. The number of aliphatic carboxylic acids is 1. The van der Waals surface area contributed by atoms with E-state index in [4.69, 9.17) is 15.6 Å². The summed E-state index contributed by atoms with van der Waals surface area (Å²) in [6.45, 7) is 0. The zero-order chi connectivity index (χ0) is 10.8. The maximum atomic E-state index is 10.6. The van der Waals surface area contributed by atoms with Crippen LogP contribution in [0.5, 0.6) is 5.75 Å². The van der Waals surface area contributed by atoms with Gasteiger partial charge >= 0.3 is 5.97 Å². The number of benzene rings is 1. The zero-order valence-corrected chi connectivity index (χ0v) is 8.79. The highest BCUT2D eigenvalue weighted by Crippen LogP contribution is 2.36. The van der Waals surface area contributed by atoms with Crippen molar-refractivity contribution >= 4 is 17.7 Å². The molecule has 4 nitrogen and oxygen atoms in total. The number of hydrogen-bond acceptors (Lipinski definition) is 4. The molecule has 1 unspecified atom stereocenters. The Morgan fingerprint density at radius 3 is 3.20 bits per heavy atom. The van der Waals surface area contributed by atoms with Crippen LogP contribution < -0.4 is 10.5 Å². The molecule has 0 aromatic heterocycles. The molecule has 1 heterocycles. The molecule has 15 heavy (non-hydrogen) atoms. The van der Waals surface area contributed by atoms with Gasteiger partial charge in [-0.05, 0) is 24.1 Å². The molecule has 80 valence electrons. The lowest BCUT2D eigenvalue weighted by Crippen LogP contribution is -2.32. The molecule has 0 amide bonds. The average molecular weight is 225 g/mol. The van der Waals surface area contributed by atoms with E-state index in [0.717, 1.165) is 16.2 Å². The minimum Gasteiger partial charge on any atom is -0.481 e. The van der Waals surface area contributed by atoms with Crippen molar-refractivity contribution in [2.75, 3.05) is 5.94 Å². The Morgan fingerprint density at radius 1 is 1.67 bits per heavy atom. The molecule has 1 aliphatic rings. The predicted octanol–water partition coefficient (Wildman–Crippen LogP) is 1.08. The molecule has 2 rings (SSSR count). The van der Waals surface area contributed by atoms with Gasteiger partial charge in [0.25, 0.3) is 0 Å². The number of rotatable bonds is 3. The lowest BCUT2D eigenvalue weighted by molar-refractivity contribution is -0.138. The van der Waals surface area contributed by atoms with Crippen LogP contribution in [0.4, 0.5) is 0 Å². The molecule has 1 aromatic rings. The van der Waals surface area contributed by atoms with E-state index < -0.39 is 12.0 Å². The molecule has 0 fully saturated rings. The number of fused-ring (bicyclic) bond motifs is 1. The SMILES string of the molecule is NC(Cc1ccc2c(c1)OCS2)C(=O)O. The van der Waals surface area contributed by atoms with E-state index >= 15 is 0 Å². The van der Waals surface area contributed by atoms with Crippen LogP contribution in [0.2, 0.25) is 0 Å². The Balaban J connectivity index is 2.13. The summed E-state index contributed by atoms with van der Waals surface area (Å²) in [7, 11) is 0. The van der Waals surface area contributed by atoms with Crippen molar-refractivity contribution in [3.8, 4) is 5.75 Å². The highest BCUT2D eigenvalue weighted by atomic mass is 32.2. The summed E-state index contributed by atoms with van der Waals surface area (Å²) in [5.74, 6) is 0.477. The number of carboxylic acids is 1. The average Bonchev–Trinajstić information content (AvgIpc) is 2.64. The molecule has 0 bridgehead atoms. The second-order valence-electron chi connectivity index (χ2n) is 3.34. The minimum atomic E-state index is -0.981. The Hall–Kier alpha value is -1.20. The molecule has 0 spiro atoms. The molecular formula is C10H11NO3S. The number of carboxylic acid groups (broad SMARTS) is 1. The van der Waals surface area contributed by atoms with Crippen molar-refractivity contribution in [2.24, 2.45) is 5.73 Å². The maximum Gasteiger partial charge on any atom is 0.320 e. The summed E-state index contributed by atoms with van der Waals surface area (Å²) in [5, 5.41) is 8.68. The van der Waals surface area contributed by atoms with Gasteiger partial charge in [-0.2, -0.15) is 0 Å². The molecule has 0 radical (unpaired) electrons. The van der Waals surface area contributed by atoms with Gasteiger partial charge in [0, 0.05) is 0 Å². The summed E-state index contributed by atoms with van der Waals surface area (Å²) in [4.78, 5) is 11.7. The lowest BCUT2D eigenvalue weighted by Gasteiger charge is -2.07. The third kappa shape index (κ3) is 2.24. The van der Waals surface area contributed by atoms with Crippen LogP contribution in [0, 0.1) is 0 Å². The van der Waals surface area contributed by atoms with Gasteiger partial charge in [0.2, 0.25) is 0 Å². The van der Waals surface area contributed by atoms with Crippen molar-refractivity contribution in [1.82, 2.24) is 0 Å². The van der Waals surface area contributed by atoms with Crippen LogP contribution in [0.1, 0.15) is 5.56 Å². The first-order valence-corrected chi connectivity index (χ1v) is 5.52. The minimum absolute atomic E-state index is 0.330. The Labute approximate surface area is 91.4 Å². The van der Waals surface area contributed by atoms with E-state index in [1.807, 2.05) is 18.2 Å². The number of nitrogens with two attached hydrogens (primary N) is 1. The van der Waals surface area contributed by atoms with Gasteiger partial charge in [0.05, 0.1) is 4.90 Å². The first kappa shape index (κ1) is 10.3. The van der Waals surface area contributed by atoms with Crippen LogP contribution in [0.15, 0.2) is 23.1 Å². The highest BCUT2D eigenvalue weighted by Gasteiger charge is 2.16. The molecule has 1 aromatic carbocycles. The topological polar surface area (TPSA) is 72.5 Å². The smallest absolute Gasteiger partial charge is 0.320 e. The second-order valence-corrected chi connectivity index (χ2v) is 4.30. The van der Waals surface area contributed by atoms with Gasteiger partial charge in [-0.1, -0.05) is 17.8 Å². The van der Waals surface area contributed by atoms with E-state index in [0.29, 0.717) is 12.4 Å². The molecule has 3 N–H and O–H groups in total. The van der Waals surface area contributed by atoms with Gasteiger partial charge in [0.15, 0.2) is 0 Å². The van der Waals surface area contributed by atoms with Gasteiger partial charge in [-0.3, -0.25) is 4.79 Å². The van der Waals surface area contributed by atoms with E-state index in [-0.39, 0.29) is 0 Å². The van der Waals surface area contributed by atoms with Crippen LogP contribution in [-0.4, -0.2) is 23.1 Å². The third-order valence-electron chi connectivity index (χ3n) is 2.21. The molecule has 1 atom stereocenters. The third-order valence-corrected chi connectivity index (χ3v) is 3.09. The van der Waals surface area contributed by atoms with E-state index in [2.05, 4.69) is 0 Å². The standard InChI is InChI=1S/C10H11NO3S/c11-7(10(12)13)3-6-1-2-9-8(4-6)14-5-15-9/h1-2,4,7H,3,5,11H2,(H,12,13). The molecule has 0 saturated carbocycles. The van der Waals surface area contributed by atoms with Crippen LogP contribution in [-0.2, 0) is 11.2 Å². The fourth-order valence-electron chi connectivity index (χ4n) is 1.41. The fraction of sp³-hybridized carbons (Fsp3) is 0.300. The Kier molecular flexibility index (Phi) is 2.83. The van der Waals surface area contributed by atoms with Gasteiger partial charge in [-0.25, -0.2) is 0 Å². The van der Waals surface area contributed by atoms with Crippen molar-refractivity contribution in [3.05, 3.63) is 23.8 Å². The van der Waals surface area contributed by atoms with E-state index in [1.165, 1.54) is 0 Å². The van der Waals surface area contributed by atoms with Crippen LogP contribution >= 0.6 is 11.8 Å². The normalized spacial score (nSPS) is 15.5.